The standard InChI is InChI=1S/C13H18N2O/c1-11-7-5-6-10-15(11)13(16)14-12-8-3-2-4-9-12/h2-4,8-9,11H,5-7,10H2,1H3,(H,14,16)/t11-/m1/s1. The lowest BCUT2D eigenvalue weighted by Crippen LogP contribution is -2.44. The number of nitrogens with one attached hydrogen (secondary N) is 1. The van der Waals surface area contributed by atoms with Gasteiger partial charge in [-0.25, -0.2) is 4.79 Å². The van der Waals surface area contributed by atoms with Crippen LogP contribution in [-0.4, -0.2) is 23.5 Å². The Morgan fingerprint density at radius 3 is 2.75 bits per heavy atom. The van der Waals surface area contributed by atoms with Crippen LogP contribution in [0.15, 0.2) is 30.3 Å². The van der Waals surface area contributed by atoms with Crippen LogP contribution in [0, 0.1) is 0 Å². The molecular formula is C13H18N2O. The molecule has 1 saturated heterocycles. The molecule has 1 aliphatic rings. The fraction of sp³-hybridized carbons (Fsp3) is 0.462. The van der Waals surface area contributed by atoms with Crippen molar-refractivity contribution in [3.05, 3.63) is 30.3 Å². The Morgan fingerprint density at radius 1 is 1.31 bits per heavy atom. The van der Waals surface area contributed by atoms with Crippen molar-refractivity contribution in [2.75, 3.05) is 11.9 Å². The zero-order chi connectivity index (χ0) is 11.4. The fourth-order valence-electron chi connectivity index (χ4n) is 2.12. The lowest BCUT2D eigenvalue weighted by molar-refractivity contribution is 0.170. The number of rotatable bonds is 1. The van der Waals surface area contributed by atoms with Crippen molar-refractivity contribution in [1.29, 1.82) is 0 Å². The molecule has 0 aliphatic carbocycles. The number of amides is 2. The third-order valence-electron chi connectivity index (χ3n) is 3.09. The van der Waals surface area contributed by atoms with E-state index in [9.17, 15) is 4.79 Å². The Balaban J connectivity index is 1.97. The molecule has 1 aliphatic heterocycles. The van der Waals surface area contributed by atoms with Crippen molar-refractivity contribution in [3.63, 3.8) is 0 Å². The molecule has 1 aromatic carbocycles. The lowest BCUT2D eigenvalue weighted by atomic mass is 10.0. The average molecular weight is 218 g/mol. The van der Waals surface area contributed by atoms with Gasteiger partial charge >= 0.3 is 6.03 Å². The summed E-state index contributed by atoms with van der Waals surface area (Å²) in [7, 11) is 0. The van der Waals surface area contributed by atoms with Gasteiger partial charge in [0, 0.05) is 18.3 Å². The quantitative estimate of drug-likeness (QED) is 0.771. The van der Waals surface area contributed by atoms with Gasteiger partial charge in [-0.3, -0.25) is 0 Å². The van der Waals surface area contributed by atoms with Crippen molar-refractivity contribution in [2.45, 2.75) is 32.2 Å². The number of para-hydroxylation sites is 1. The zero-order valence-corrected chi connectivity index (χ0v) is 9.65. The van der Waals surface area contributed by atoms with Crippen LogP contribution in [0.1, 0.15) is 26.2 Å². The molecule has 1 heterocycles. The summed E-state index contributed by atoms with van der Waals surface area (Å²) in [6.07, 6.45) is 3.46. The number of carbonyl (C=O) groups is 1. The molecule has 1 N–H and O–H groups in total. The highest BCUT2D eigenvalue weighted by molar-refractivity contribution is 5.89. The number of piperidine rings is 1. The van der Waals surface area contributed by atoms with E-state index in [1.165, 1.54) is 6.42 Å². The molecule has 0 radical (unpaired) electrons. The maximum atomic E-state index is 12.0. The normalized spacial score (nSPS) is 20.6. The highest BCUT2D eigenvalue weighted by Crippen LogP contribution is 2.17. The van der Waals surface area contributed by atoms with Gasteiger partial charge in [-0.05, 0) is 38.3 Å². The third kappa shape index (κ3) is 2.54. The van der Waals surface area contributed by atoms with Gasteiger partial charge in [0.05, 0.1) is 0 Å². The molecule has 1 atom stereocenters. The molecule has 0 aromatic heterocycles. The first-order valence-corrected chi connectivity index (χ1v) is 5.90. The van der Waals surface area contributed by atoms with Gasteiger partial charge in [0.2, 0.25) is 0 Å². The molecule has 0 unspecified atom stereocenters. The topological polar surface area (TPSA) is 32.3 Å². The van der Waals surface area contributed by atoms with Crippen LogP contribution in [0.5, 0.6) is 0 Å². The van der Waals surface area contributed by atoms with Crippen LogP contribution < -0.4 is 5.32 Å². The summed E-state index contributed by atoms with van der Waals surface area (Å²) in [5, 5.41) is 2.93. The summed E-state index contributed by atoms with van der Waals surface area (Å²) in [6.45, 7) is 2.99. The molecule has 0 saturated carbocycles. The molecule has 16 heavy (non-hydrogen) atoms. The highest BCUT2D eigenvalue weighted by atomic mass is 16.2. The number of carbonyl (C=O) groups excluding carboxylic acids is 1. The van der Waals surface area contributed by atoms with E-state index in [1.54, 1.807) is 0 Å². The summed E-state index contributed by atoms with van der Waals surface area (Å²) in [5.41, 5.74) is 0.866. The SMILES string of the molecule is C[C@@H]1CCCCN1C(=O)Nc1ccccc1. The van der Waals surface area contributed by atoms with Gasteiger partial charge < -0.3 is 10.2 Å². The molecular weight excluding hydrogens is 200 g/mol. The van der Waals surface area contributed by atoms with Crippen molar-refractivity contribution in [2.24, 2.45) is 0 Å². The summed E-state index contributed by atoms with van der Waals surface area (Å²) in [5.74, 6) is 0. The second kappa shape index (κ2) is 5.01. The number of benzene rings is 1. The van der Waals surface area contributed by atoms with Crippen LogP contribution in [0.25, 0.3) is 0 Å². The van der Waals surface area contributed by atoms with Crippen LogP contribution in [-0.2, 0) is 0 Å². The predicted octanol–water partition coefficient (Wildman–Crippen LogP) is 3.09. The van der Waals surface area contributed by atoms with Crippen molar-refractivity contribution in [3.8, 4) is 0 Å². The Hall–Kier alpha value is -1.51. The van der Waals surface area contributed by atoms with Crippen LogP contribution in [0.2, 0.25) is 0 Å². The number of nitrogens with zero attached hydrogens (tertiary/aromatic N) is 1. The number of urea groups is 1. The lowest BCUT2D eigenvalue weighted by Gasteiger charge is -2.33. The Bertz CT molecular complexity index is 350. The Morgan fingerprint density at radius 2 is 2.06 bits per heavy atom. The monoisotopic (exact) mass is 218 g/mol. The van der Waals surface area contributed by atoms with Crippen LogP contribution in [0.4, 0.5) is 10.5 Å². The van der Waals surface area contributed by atoms with E-state index < -0.39 is 0 Å². The van der Waals surface area contributed by atoms with Gasteiger partial charge in [-0.1, -0.05) is 18.2 Å². The zero-order valence-electron chi connectivity index (χ0n) is 9.65. The smallest absolute Gasteiger partial charge is 0.322 e. The molecule has 1 aromatic rings. The van der Waals surface area contributed by atoms with Gasteiger partial charge in [0.25, 0.3) is 0 Å². The minimum absolute atomic E-state index is 0.0263. The molecule has 0 spiro atoms. The van der Waals surface area contributed by atoms with E-state index in [2.05, 4.69) is 12.2 Å². The summed E-state index contributed by atoms with van der Waals surface area (Å²) >= 11 is 0. The first-order valence-electron chi connectivity index (χ1n) is 5.90. The van der Waals surface area contributed by atoms with Gasteiger partial charge in [-0.15, -0.1) is 0 Å². The number of hydrogen-bond donors (Lipinski definition) is 1. The van der Waals surface area contributed by atoms with Gasteiger partial charge in [0.15, 0.2) is 0 Å². The number of anilines is 1. The van der Waals surface area contributed by atoms with E-state index >= 15 is 0 Å². The molecule has 3 nitrogen and oxygen atoms in total. The predicted molar refractivity (Wildman–Crippen MR) is 65.5 cm³/mol. The molecule has 2 rings (SSSR count). The van der Waals surface area contributed by atoms with E-state index in [-0.39, 0.29) is 6.03 Å². The van der Waals surface area contributed by atoms with E-state index in [0.29, 0.717) is 6.04 Å². The minimum atomic E-state index is 0.0263. The van der Waals surface area contributed by atoms with Crippen molar-refractivity contribution in [1.82, 2.24) is 4.90 Å². The molecule has 0 bridgehead atoms. The maximum absolute atomic E-state index is 12.0. The Labute approximate surface area is 96.5 Å². The van der Waals surface area contributed by atoms with E-state index in [4.69, 9.17) is 0 Å². The number of likely N-dealkylation sites (tertiary alicyclic amines) is 1. The largest absolute Gasteiger partial charge is 0.322 e. The first kappa shape index (κ1) is 11.0. The summed E-state index contributed by atoms with van der Waals surface area (Å²) < 4.78 is 0. The van der Waals surface area contributed by atoms with Gasteiger partial charge in [0.1, 0.15) is 0 Å². The Kier molecular flexibility index (Phi) is 3.44. The van der Waals surface area contributed by atoms with Gasteiger partial charge in [-0.2, -0.15) is 0 Å². The average Bonchev–Trinajstić information content (AvgIpc) is 2.31. The molecule has 2 amide bonds. The summed E-state index contributed by atoms with van der Waals surface area (Å²) in [4.78, 5) is 13.9. The molecule has 1 fully saturated rings. The molecule has 86 valence electrons. The fourth-order valence-corrected chi connectivity index (χ4v) is 2.12. The second-order valence-electron chi connectivity index (χ2n) is 4.33. The van der Waals surface area contributed by atoms with E-state index in [0.717, 1.165) is 25.1 Å². The minimum Gasteiger partial charge on any atom is -0.322 e. The maximum Gasteiger partial charge on any atom is 0.322 e. The first-order chi connectivity index (χ1) is 7.77. The molecule has 3 heteroatoms. The highest BCUT2D eigenvalue weighted by Gasteiger charge is 2.22. The van der Waals surface area contributed by atoms with Crippen molar-refractivity contribution < 1.29 is 4.79 Å². The van der Waals surface area contributed by atoms with E-state index in [1.807, 2.05) is 35.2 Å². The van der Waals surface area contributed by atoms with Crippen LogP contribution in [0.3, 0.4) is 0 Å². The van der Waals surface area contributed by atoms with Crippen LogP contribution >= 0.6 is 0 Å². The number of hydrogen-bond acceptors (Lipinski definition) is 1. The summed E-state index contributed by atoms with van der Waals surface area (Å²) in [6, 6.07) is 10.00. The third-order valence-corrected chi connectivity index (χ3v) is 3.09. The van der Waals surface area contributed by atoms with Crippen molar-refractivity contribution >= 4 is 11.7 Å². The second-order valence-corrected chi connectivity index (χ2v) is 4.33.